The first kappa shape index (κ1) is 15.0. The summed E-state index contributed by atoms with van der Waals surface area (Å²) in [5, 5.41) is 12.0. The summed E-state index contributed by atoms with van der Waals surface area (Å²) >= 11 is 0. The molecule has 1 fully saturated rings. The molecule has 0 aromatic heterocycles. The minimum Gasteiger partial charge on any atom is -0.481 e. The highest BCUT2D eigenvalue weighted by molar-refractivity contribution is 5.79. The number of carbonyl (C=O) groups excluding carboxylic acids is 1. The quantitative estimate of drug-likeness (QED) is 0.757. The molecular weight excluding hydrogens is 234 g/mol. The molecule has 0 radical (unpaired) electrons. The number of hydrogen-bond donors (Lipinski definition) is 2. The van der Waals surface area contributed by atoms with Crippen molar-refractivity contribution in [3.8, 4) is 0 Å². The molecule has 0 aliphatic heterocycles. The number of carboxylic acids is 1. The average Bonchev–Trinajstić information content (AvgIpc) is 2.76. The van der Waals surface area contributed by atoms with Crippen molar-refractivity contribution in [2.24, 2.45) is 5.41 Å². The Morgan fingerprint density at radius 2 is 1.89 bits per heavy atom. The van der Waals surface area contributed by atoms with Crippen LogP contribution in [0.2, 0.25) is 0 Å². The fourth-order valence-corrected chi connectivity index (χ4v) is 2.31. The lowest BCUT2D eigenvalue weighted by atomic mass is 9.86. The van der Waals surface area contributed by atoms with Crippen molar-refractivity contribution >= 4 is 11.9 Å². The standard InChI is InChI=1S/C13H23NO4/c1-12(2,18-3)8-10(15)14-9-13(11(16)17)6-4-5-7-13/h4-9H2,1-3H3,(H,14,15)(H,16,17). The zero-order valence-electron chi connectivity index (χ0n) is 11.4. The molecule has 0 unspecified atom stereocenters. The van der Waals surface area contributed by atoms with Crippen LogP contribution in [0, 0.1) is 5.41 Å². The maximum absolute atomic E-state index is 11.8. The van der Waals surface area contributed by atoms with Gasteiger partial charge in [0.2, 0.25) is 5.91 Å². The van der Waals surface area contributed by atoms with E-state index in [0.717, 1.165) is 12.8 Å². The third kappa shape index (κ3) is 3.70. The maximum atomic E-state index is 11.8. The number of carboxylic acid groups (broad SMARTS) is 1. The van der Waals surface area contributed by atoms with Gasteiger partial charge in [-0.15, -0.1) is 0 Å². The van der Waals surface area contributed by atoms with E-state index in [9.17, 15) is 14.7 Å². The van der Waals surface area contributed by atoms with Gasteiger partial charge < -0.3 is 15.2 Å². The zero-order chi connectivity index (χ0) is 13.8. The molecule has 0 aromatic rings. The van der Waals surface area contributed by atoms with Crippen LogP contribution >= 0.6 is 0 Å². The smallest absolute Gasteiger partial charge is 0.311 e. The van der Waals surface area contributed by atoms with Crippen LogP contribution in [0.25, 0.3) is 0 Å². The monoisotopic (exact) mass is 257 g/mol. The van der Waals surface area contributed by atoms with Crippen molar-refractivity contribution in [1.29, 1.82) is 0 Å². The molecule has 0 saturated heterocycles. The molecule has 1 saturated carbocycles. The summed E-state index contributed by atoms with van der Waals surface area (Å²) < 4.78 is 5.18. The molecule has 0 aromatic carbocycles. The third-order valence-electron chi connectivity index (χ3n) is 3.78. The van der Waals surface area contributed by atoms with Crippen LogP contribution in [-0.2, 0) is 14.3 Å². The third-order valence-corrected chi connectivity index (χ3v) is 3.78. The molecule has 0 heterocycles. The first-order chi connectivity index (χ1) is 8.31. The van der Waals surface area contributed by atoms with Gasteiger partial charge in [-0.2, -0.15) is 0 Å². The van der Waals surface area contributed by atoms with Gasteiger partial charge in [0.25, 0.3) is 0 Å². The largest absolute Gasteiger partial charge is 0.481 e. The summed E-state index contributed by atoms with van der Waals surface area (Å²) in [6.07, 6.45) is 3.38. The van der Waals surface area contributed by atoms with Crippen molar-refractivity contribution in [3.63, 3.8) is 0 Å². The van der Waals surface area contributed by atoms with Crippen LogP contribution in [0.1, 0.15) is 46.0 Å². The zero-order valence-corrected chi connectivity index (χ0v) is 11.4. The SMILES string of the molecule is COC(C)(C)CC(=O)NCC1(C(=O)O)CCCC1. The van der Waals surface area contributed by atoms with Gasteiger partial charge in [-0.25, -0.2) is 0 Å². The van der Waals surface area contributed by atoms with E-state index in [1.807, 2.05) is 13.8 Å². The van der Waals surface area contributed by atoms with E-state index < -0.39 is 17.0 Å². The fraction of sp³-hybridized carbons (Fsp3) is 0.846. The van der Waals surface area contributed by atoms with E-state index >= 15 is 0 Å². The molecular formula is C13H23NO4. The van der Waals surface area contributed by atoms with Crippen LogP contribution in [0.3, 0.4) is 0 Å². The van der Waals surface area contributed by atoms with Gasteiger partial charge in [-0.05, 0) is 26.7 Å². The lowest BCUT2D eigenvalue weighted by molar-refractivity contribution is -0.148. The number of ether oxygens (including phenoxy) is 1. The maximum Gasteiger partial charge on any atom is 0.311 e. The van der Waals surface area contributed by atoms with E-state index in [1.165, 1.54) is 0 Å². The Balaban J connectivity index is 2.49. The number of hydrogen-bond acceptors (Lipinski definition) is 3. The molecule has 104 valence electrons. The molecule has 0 spiro atoms. The van der Waals surface area contributed by atoms with Crippen LogP contribution < -0.4 is 5.32 Å². The second kappa shape index (κ2) is 5.69. The van der Waals surface area contributed by atoms with Gasteiger partial charge in [-0.3, -0.25) is 9.59 Å². The summed E-state index contributed by atoms with van der Waals surface area (Å²) in [5.41, 5.74) is -1.27. The normalized spacial score (nSPS) is 18.6. The molecule has 0 bridgehead atoms. The van der Waals surface area contributed by atoms with Crippen molar-refractivity contribution in [3.05, 3.63) is 0 Å². The van der Waals surface area contributed by atoms with E-state index in [1.54, 1.807) is 7.11 Å². The number of nitrogens with one attached hydrogen (secondary N) is 1. The Labute approximate surface area is 108 Å². The number of carbonyl (C=O) groups is 2. The van der Waals surface area contributed by atoms with Crippen molar-refractivity contribution in [2.45, 2.75) is 51.6 Å². The Morgan fingerprint density at radius 3 is 2.33 bits per heavy atom. The van der Waals surface area contributed by atoms with E-state index in [0.29, 0.717) is 12.8 Å². The number of methoxy groups -OCH3 is 1. The van der Waals surface area contributed by atoms with Crippen LogP contribution in [-0.4, -0.2) is 36.2 Å². The Kier molecular flexibility index (Phi) is 4.73. The number of aliphatic carboxylic acids is 1. The van der Waals surface area contributed by atoms with Crippen LogP contribution in [0.4, 0.5) is 0 Å². The van der Waals surface area contributed by atoms with Gasteiger partial charge in [0.1, 0.15) is 0 Å². The van der Waals surface area contributed by atoms with Crippen molar-refractivity contribution in [2.75, 3.05) is 13.7 Å². The highest BCUT2D eigenvalue weighted by Gasteiger charge is 2.41. The molecule has 18 heavy (non-hydrogen) atoms. The minimum atomic E-state index is -0.800. The molecule has 2 N–H and O–H groups in total. The summed E-state index contributed by atoms with van der Waals surface area (Å²) in [5.74, 6) is -0.958. The second-order valence-electron chi connectivity index (χ2n) is 5.71. The predicted octanol–water partition coefficient (Wildman–Crippen LogP) is 1.56. The fourth-order valence-electron chi connectivity index (χ4n) is 2.31. The molecule has 1 rings (SSSR count). The lowest BCUT2D eigenvalue weighted by Gasteiger charge is -2.26. The minimum absolute atomic E-state index is 0.158. The summed E-state index contributed by atoms with van der Waals surface area (Å²) in [6, 6.07) is 0. The molecule has 1 aliphatic carbocycles. The van der Waals surface area contributed by atoms with E-state index in [-0.39, 0.29) is 18.9 Å². The van der Waals surface area contributed by atoms with Crippen LogP contribution in [0.15, 0.2) is 0 Å². The van der Waals surface area contributed by atoms with Crippen molar-refractivity contribution < 1.29 is 19.4 Å². The first-order valence-corrected chi connectivity index (χ1v) is 6.37. The summed E-state index contributed by atoms with van der Waals surface area (Å²) in [4.78, 5) is 23.1. The second-order valence-corrected chi connectivity index (χ2v) is 5.71. The summed E-state index contributed by atoms with van der Waals surface area (Å²) in [7, 11) is 1.56. The Bertz CT molecular complexity index is 319. The van der Waals surface area contributed by atoms with Crippen molar-refractivity contribution in [1.82, 2.24) is 5.32 Å². The molecule has 1 aliphatic rings. The Hall–Kier alpha value is -1.10. The molecule has 0 atom stereocenters. The van der Waals surface area contributed by atoms with Gasteiger partial charge in [-0.1, -0.05) is 12.8 Å². The highest BCUT2D eigenvalue weighted by Crippen LogP contribution is 2.37. The summed E-state index contributed by atoms with van der Waals surface area (Å²) in [6.45, 7) is 3.88. The molecule has 5 heteroatoms. The van der Waals surface area contributed by atoms with Gasteiger partial charge in [0.05, 0.1) is 17.4 Å². The number of amides is 1. The molecule has 1 amide bonds. The average molecular weight is 257 g/mol. The van der Waals surface area contributed by atoms with E-state index in [4.69, 9.17) is 4.74 Å². The molecule has 5 nitrogen and oxygen atoms in total. The van der Waals surface area contributed by atoms with Gasteiger partial charge in [0.15, 0.2) is 0 Å². The van der Waals surface area contributed by atoms with Crippen LogP contribution in [0.5, 0.6) is 0 Å². The topological polar surface area (TPSA) is 75.6 Å². The van der Waals surface area contributed by atoms with E-state index in [2.05, 4.69) is 5.32 Å². The Morgan fingerprint density at radius 1 is 1.33 bits per heavy atom. The predicted molar refractivity (Wildman–Crippen MR) is 67.3 cm³/mol. The lowest BCUT2D eigenvalue weighted by Crippen LogP contribution is -2.43. The highest BCUT2D eigenvalue weighted by atomic mass is 16.5. The first-order valence-electron chi connectivity index (χ1n) is 6.37. The van der Waals surface area contributed by atoms with Gasteiger partial charge in [0, 0.05) is 13.7 Å². The van der Waals surface area contributed by atoms with Gasteiger partial charge >= 0.3 is 5.97 Å². The number of rotatable bonds is 6.